The number of carbonyl (C=O) groups excluding carboxylic acids is 1. The quantitative estimate of drug-likeness (QED) is 0.632. The molecule has 0 atom stereocenters. The summed E-state index contributed by atoms with van der Waals surface area (Å²) in [6, 6.07) is 17.4. The van der Waals surface area contributed by atoms with Gasteiger partial charge in [0.1, 0.15) is 0 Å². The van der Waals surface area contributed by atoms with E-state index in [-0.39, 0.29) is 11.9 Å². The highest BCUT2D eigenvalue weighted by molar-refractivity contribution is 5.95. The smallest absolute Gasteiger partial charge is 0.254 e. The van der Waals surface area contributed by atoms with Crippen molar-refractivity contribution in [2.24, 2.45) is 0 Å². The Kier molecular flexibility index (Phi) is 5.90. The van der Waals surface area contributed by atoms with Crippen LogP contribution in [0.5, 0.6) is 0 Å². The van der Waals surface area contributed by atoms with E-state index in [0.29, 0.717) is 24.2 Å². The minimum Gasteiger partial charge on any atom is -0.334 e. The lowest BCUT2D eigenvalue weighted by molar-refractivity contribution is 0.0752. The summed E-state index contributed by atoms with van der Waals surface area (Å²) in [5, 5.41) is 13.7. The van der Waals surface area contributed by atoms with Crippen molar-refractivity contribution in [1.82, 2.24) is 14.7 Å². The first-order valence-electron chi connectivity index (χ1n) is 9.45. The third-order valence-electron chi connectivity index (χ3n) is 4.69. The van der Waals surface area contributed by atoms with E-state index in [2.05, 4.69) is 25.0 Å². The van der Waals surface area contributed by atoms with Gasteiger partial charge < -0.3 is 4.90 Å². The molecule has 0 aliphatic heterocycles. The Hall–Kier alpha value is -3.39. The first-order chi connectivity index (χ1) is 13.5. The van der Waals surface area contributed by atoms with E-state index in [4.69, 9.17) is 0 Å². The third-order valence-corrected chi connectivity index (χ3v) is 4.69. The second-order valence-corrected chi connectivity index (χ2v) is 6.98. The molecule has 0 aliphatic rings. The molecule has 5 heteroatoms. The van der Waals surface area contributed by atoms with Gasteiger partial charge in [-0.05, 0) is 50.1 Å². The SMILES string of the molecule is CCN(Cc1cnn(C(C)C)c1)C(=O)c1cccc(-c2ccccc2C#N)c1. The number of carbonyl (C=O) groups is 1. The Morgan fingerprint density at radius 3 is 2.68 bits per heavy atom. The fraction of sp³-hybridized carbons (Fsp3) is 0.261. The highest BCUT2D eigenvalue weighted by Gasteiger charge is 2.17. The van der Waals surface area contributed by atoms with E-state index >= 15 is 0 Å². The first kappa shape index (κ1) is 19.4. The molecule has 0 N–H and O–H groups in total. The lowest BCUT2D eigenvalue weighted by Gasteiger charge is -2.20. The molecule has 1 amide bonds. The number of rotatable bonds is 6. The maximum absolute atomic E-state index is 13.1. The molecule has 0 bridgehead atoms. The van der Waals surface area contributed by atoms with Gasteiger partial charge in [-0.25, -0.2) is 0 Å². The van der Waals surface area contributed by atoms with Crippen LogP contribution in [0.4, 0.5) is 0 Å². The third kappa shape index (κ3) is 4.12. The van der Waals surface area contributed by atoms with Gasteiger partial charge in [0.2, 0.25) is 0 Å². The maximum atomic E-state index is 13.1. The fourth-order valence-electron chi connectivity index (χ4n) is 3.12. The Labute approximate surface area is 165 Å². The zero-order valence-electron chi connectivity index (χ0n) is 16.5. The molecule has 142 valence electrons. The van der Waals surface area contributed by atoms with Crippen LogP contribution in [0.15, 0.2) is 60.9 Å². The largest absolute Gasteiger partial charge is 0.334 e. The normalized spacial score (nSPS) is 10.7. The number of hydrogen-bond donors (Lipinski definition) is 0. The van der Waals surface area contributed by atoms with Gasteiger partial charge in [0.05, 0.1) is 17.8 Å². The highest BCUT2D eigenvalue weighted by atomic mass is 16.2. The lowest BCUT2D eigenvalue weighted by atomic mass is 9.98. The van der Waals surface area contributed by atoms with Crippen LogP contribution in [0.1, 0.15) is 48.3 Å². The van der Waals surface area contributed by atoms with Crippen LogP contribution < -0.4 is 0 Å². The molecular weight excluding hydrogens is 348 g/mol. The molecule has 28 heavy (non-hydrogen) atoms. The van der Waals surface area contributed by atoms with Gasteiger partial charge >= 0.3 is 0 Å². The summed E-state index contributed by atoms with van der Waals surface area (Å²) in [5.74, 6) is -0.0314. The topological polar surface area (TPSA) is 61.9 Å². The predicted molar refractivity (Wildman–Crippen MR) is 110 cm³/mol. The number of aromatic nitrogens is 2. The van der Waals surface area contributed by atoms with Crippen LogP contribution in [0, 0.1) is 11.3 Å². The average Bonchev–Trinajstić information content (AvgIpc) is 3.20. The zero-order chi connectivity index (χ0) is 20.1. The van der Waals surface area contributed by atoms with Gasteiger partial charge in [-0.1, -0.05) is 30.3 Å². The van der Waals surface area contributed by atoms with Gasteiger partial charge in [-0.3, -0.25) is 9.48 Å². The van der Waals surface area contributed by atoms with Crippen molar-refractivity contribution in [2.45, 2.75) is 33.4 Å². The minimum atomic E-state index is -0.0314. The minimum absolute atomic E-state index is 0.0314. The number of benzene rings is 2. The van der Waals surface area contributed by atoms with Crippen LogP contribution in [-0.2, 0) is 6.54 Å². The van der Waals surface area contributed by atoms with Crippen molar-refractivity contribution >= 4 is 5.91 Å². The predicted octanol–water partition coefficient (Wildman–Crippen LogP) is 4.66. The van der Waals surface area contributed by atoms with Gasteiger partial charge in [0.25, 0.3) is 5.91 Å². The van der Waals surface area contributed by atoms with Crippen molar-refractivity contribution in [3.8, 4) is 17.2 Å². The molecule has 0 unspecified atom stereocenters. The van der Waals surface area contributed by atoms with Crippen LogP contribution >= 0.6 is 0 Å². The molecule has 1 heterocycles. The van der Waals surface area contributed by atoms with Crippen molar-refractivity contribution in [3.05, 3.63) is 77.6 Å². The Bertz CT molecular complexity index is 1010. The molecule has 0 fully saturated rings. The Morgan fingerprint density at radius 1 is 1.21 bits per heavy atom. The number of nitriles is 1. The summed E-state index contributed by atoms with van der Waals surface area (Å²) in [6.45, 7) is 7.24. The average molecular weight is 372 g/mol. The van der Waals surface area contributed by atoms with Crippen molar-refractivity contribution in [3.63, 3.8) is 0 Å². The summed E-state index contributed by atoms with van der Waals surface area (Å²) < 4.78 is 1.90. The summed E-state index contributed by atoms with van der Waals surface area (Å²) >= 11 is 0. The van der Waals surface area contributed by atoms with E-state index in [1.807, 2.05) is 66.5 Å². The van der Waals surface area contributed by atoms with E-state index in [1.165, 1.54) is 0 Å². The monoisotopic (exact) mass is 372 g/mol. The molecular formula is C23H24N4O. The molecule has 5 nitrogen and oxygen atoms in total. The van der Waals surface area contributed by atoms with Gasteiger partial charge in [-0.2, -0.15) is 10.4 Å². The molecule has 0 saturated carbocycles. The van der Waals surface area contributed by atoms with Crippen molar-refractivity contribution in [2.75, 3.05) is 6.54 Å². The number of amides is 1. The van der Waals surface area contributed by atoms with Gasteiger partial charge in [-0.15, -0.1) is 0 Å². The van der Waals surface area contributed by atoms with Crippen molar-refractivity contribution < 1.29 is 4.79 Å². The summed E-state index contributed by atoms with van der Waals surface area (Å²) in [4.78, 5) is 14.9. The van der Waals surface area contributed by atoms with Crippen LogP contribution in [-0.4, -0.2) is 27.1 Å². The van der Waals surface area contributed by atoms with Gasteiger partial charge in [0.15, 0.2) is 0 Å². The lowest BCUT2D eigenvalue weighted by Crippen LogP contribution is -2.30. The van der Waals surface area contributed by atoms with Crippen LogP contribution in [0.25, 0.3) is 11.1 Å². The zero-order valence-corrected chi connectivity index (χ0v) is 16.5. The van der Waals surface area contributed by atoms with Crippen molar-refractivity contribution in [1.29, 1.82) is 5.26 Å². The van der Waals surface area contributed by atoms with Crippen LogP contribution in [0.2, 0.25) is 0 Å². The Balaban J connectivity index is 1.85. The maximum Gasteiger partial charge on any atom is 0.254 e. The summed E-state index contributed by atoms with van der Waals surface area (Å²) in [7, 11) is 0. The molecule has 0 aliphatic carbocycles. The second-order valence-electron chi connectivity index (χ2n) is 6.98. The molecule has 2 aromatic carbocycles. The standard InChI is InChI=1S/C23H24N4O/c1-4-26(15-18-14-25-27(16-18)17(2)3)23(28)20-10-7-9-19(12-20)22-11-6-5-8-21(22)13-24/h5-12,14,16-17H,4,15H2,1-3H3. The highest BCUT2D eigenvalue weighted by Crippen LogP contribution is 2.24. The van der Waals surface area contributed by atoms with E-state index in [1.54, 1.807) is 11.0 Å². The summed E-state index contributed by atoms with van der Waals surface area (Å²) in [5.41, 5.74) is 3.92. The molecule has 3 aromatic rings. The Morgan fingerprint density at radius 2 is 2.00 bits per heavy atom. The molecule has 0 spiro atoms. The fourth-order valence-corrected chi connectivity index (χ4v) is 3.12. The van der Waals surface area contributed by atoms with E-state index in [0.717, 1.165) is 16.7 Å². The number of nitrogens with zero attached hydrogens (tertiary/aromatic N) is 4. The number of hydrogen-bond acceptors (Lipinski definition) is 3. The van der Waals surface area contributed by atoms with Gasteiger partial charge in [0, 0.05) is 36.5 Å². The summed E-state index contributed by atoms with van der Waals surface area (Å²) in [6.07, 6.45) is 3.80. The molecule has 0 saturated heterocycles. The second kappa shape index (κ2) is 8.53. The molecule has 0 radical (unpaired) electrons. The molecule has 3 rings (SSSR count). The van der Waals surface area contributed by atoms with Crippen LogP contribution in [0.3, 0.4) is 0 Å². The van der Waals surface area contributed by atoms with E-state index in [9.17, 15) is 10.1 Å². The van der Waals surface area contributed by atoms with E-state index < -0.39 is 0 Å². The molecule has 1 aromatic heterocycles. The first-order valence-corrected chi connectivity index (χ1v) is 9.45.